The number of nitrogens with zero attached hydrogens (tertiary/aromatic N) is 3. The largest absolute Gasteiger partial charge is 0.381 e. The van der Waals surface area contributed by atoms with E-state index in [2.05, 4.69) is 18.9 Å². The molecule has 0 aliphatic carbocycles. The van der Waals surface area contributed by atoms with Gasteiger partial charge >= 0.3 is 0 Å². The van der Waals surface area contributed by atoms with E-state index in [0.717, 1.165) is 45.3 Å². The Morgan fingerprint density at radius 3 is 2.81 bits per heavy atom. The zero-order chi connectivity index (χ0) is 15.8. The van der Waals surface area contributed by atoms with Crippen LogP contribution in [-0.2, 0) is 4.74 Å². The minimum Gasteiger partial charge on any atom is -0.381 e. The summed E-state index contributed by atoms with van der Waals surface area (Å²) >= 11 is 1.41. The number of ether oxygens (including phenoxy) is 1. The average Bonchev–Trinajstić information content (AvgIpc) is 2.93. The second kappa shape index (κ2) is 9.27. The fourth-order valence-electron chi connectivity index (χ4n) is 2.46. The molecular formula is C14H27N3O3S. The molecule has 0 N–H and O–H groups in total. The van der Waals surface area contributed by atoms with E-state index < -0.39 is 0 Å². The maximum atomic E-state index is 10.6. The summed E-state index contributed by atoms with van der Waals surface area (Å²) < 4.78 is 5.40. The Hall–Kier alpha value is -0.790. The highest BCUT2D eigenvalue weighted by Gasteiger charge is 2.19. The fraction of sp³-hybridized carbons (Fsp3) is 0.857. The topological polar surface area (TPSA) is 58.9 Å². The summed E-state index contributed by atoms with van der Waals surface area (Å²) in [6.45, 7) is 5.93. The molecule has 1 saturated heterocycles. The van der Waals surface area contributed by atoms with E-state index in [4.69, 9.17) is 4.74 Å². The van der Waals surface area contributed by atoms with Crippen LogP contribution in [0.1, 0.15) is 19.8 Å². The molecule has 6 nitrogen and oxygen atoms in total. The van der Waals surface area contributed by atoms with Crippen molar-refractivity contribution < 1.29 is 9.66 Å². The van der Waals surface area contributed by atoms with Crippen molar-refractivity contribution in [2.24, 2.45) is 5.92 Å². The molecule has 0 spiro atoms. The summed E-state index contributed by atoms with van der Waals surface area (Å²) in [7, 11) is 4.05. The number of nitro groups is 1. The van der Waals surface area contributed by atoms with Crippen LogP contribution in [0.5, 0.6) is 0 Å². The second-order valence-corrected chi connectivity index (χ2v) is 6.52. The van der Waals surface area contributed by atoms with Gasteiger partial charge in [-0.05, 0) is 45.5 Å². The minimum atomic E-state index is -0.388. The molecule has 0 amide bonds. The second-order valence-electron chi connectivity index (χ2n) is 5.70. The van der Waals surface area contributed by atoms with Crippen LogP contribution in [0.2, 0.25) is 0 Å². The first kappa shape index (κ1) is 18.3. The van der Waals surface area contributed by atoms with E-state index in [9.17, 15) is 10.1 Å². The molecule has 1 heterocycles. The zero-order valence-electron chi connectivity index (χ0n) is 13.4. The lowest BCUT2D eigenvalue weighted by atomic mass is 10.1. The van der Waals surface area contributed by atoms with Gasteiger partial charge in [0.25, 0.3) is 6.20 Å². The summed E-state index contributed by atoms with van der Waals surface area (Å²) in [5.74, 6) is 0.652. The van der Waals surface area contributed by atoms with Crippen molar-refractivity contribution in [2.45, 2.75) is 25.8 Å². The first-order valence-corrected chi connectivity index (χ1v) is 8.55. The first-order chi connectivity index (χ1) is 9.93. The van der Waals surface area contributed by atoms with Gasteiger partial charge in [0.2, 0.25) is 0 Å². The highest BCUT2D eigenvalue weighted by Crippen LogP contribution is 2.20. The minimum absolute atomic E-state index is 0.269. The molecule has 122 valence electrons. The lowest BCUT2D eigenvalue weighted by Crippen LogP contribution is -2.33. The van der Waals surface area contributed by atoms with Crippen LogP contribution in [0, 0.1) is 16.0 Å². The van der Waals surface area contributed by atoms with Gasteiger partial charge in [0.15, 0.2) is 0 Å². The van der Waals surface area contributed by atoms with E-state index in [-0.39, 0.29) is 11.0 Å². The van der Waals surface area contributed by atoms with Gasteiger partial charge in [-0.25, -0.2) is 0 Å². The van der Waals surface area contributed by atoms with Crippen molar-refractivity contribution in [3.05, 3.63) is 21.3 Å². The maximum Gasteiger partial charge on any atom is 0.264 e. The average molecular weight is 317 g/mol. The SMILES string of the molecule is CSC(=C[N+](=O)[O-])N(C)C(C)CCN(C)CC1CCOC1. The molecule has 1 aliphatic rings. The molecular weight excluding hydrogens is 290 g/mol. The predicted molar refractivity (Wildman–Crippen MR) is 86.9 cm³/mol. The Balaban J connectivity index is 2.37. The quantitative estimate of drug-likeness (QED) is 0.479. The third-order valence-electron chi connectivity index (χ3n) is 3.96. The van der Waals surface area contributed by atoms with Crippen molar-refractivity contribution in [1.29, 1.82) is 0 Å². The summed E-state index contributed by atoms with van der Waals surface area (Å²) in [5.41, 5.74) is 0. The molecule has 21 heavy (non-hydrogen) atoms. The van der Waals surface area contributed by atoms with E-state index in [1.165, 1.54) is 11.8 Å². The van der Waals surface area contributed by atoms with Crippen molar-refractivity contribution in [3.8, 4) is 0 Å². The van der Waals surface area contributed by atoms with Crippen LogP contribution in [0.15, 0.2) is 11.2 Å². The van der Waals surface area contributed by atoms with Crippen LogP contribution in [0.25, 0.3) is 0 Å². The van der Waals surface area contributed by atoms with Gasteiger partial charge in [-0.2, -0.15) is 0 Å². The van der Waals surface area contributed by atoms with Gasteiger partial charge < -0.3 is 14.5 Å². The van der Waals surface area contributed by atoms with E-state index in [1.807, 2.05) is 18.2 Å². The van der Waals surface area contributed by atoms with Crippen molar-refractivity contribution >= 4 is 11.8 Å². The third kappa shape index (κ3) is 6.67. The van der Waals surface area contributed by atoms with Gasteiger partial charge in [0.05, 0.1) is 11.5 Å². The summed E-state index contributed by atoms with van der Waals surface area (Å²) in [6.07, 6.45) is 5.09. The highest BCUT2D eigenvalue weighted by molar-refractivity contribution is 8.02. The zero-order valence-corrected chi connectivity index (χ0v) is 14.3. The van der Waals surface area contributed by atoms with Crippen LogP contribution < -0.4 is 0 Å². The van der Waals surface area contributed by atoms with Gasteiger partial charge in [-0.3, -0.25) is 10.1 Å². The Labute approximate surface area is 131 Å². The monoisotopic (exact) mass is 317 g/mol. The molecule has 2 atom stereocenters. The van der Waals surface area contributed by atoms with Gasteiger partial charge in [-0.1, -0.05) is 0 Å². The molecule has 0 bridgehead atoms. The molecule has 7 heteroatoms. The van der Waals surface area contributed by atoms with Crippen LogP contribution in [-0.4, -0.2) is 67.4 Å². The number of rotatable bonds is 9. The van der Waals surface area contributed by atoms with Crippen molar-refractivity contribution in [2.75, 3.05) is 46.7 Å². The summed E-state index contributed by atoms with van der Waals surface area (Å²) in [6, 6.07) is 0.269. The molecule has 1 fully saturated rings. The van der Waals surface area contributed by atoms with E-state index in [0.29, 0.717) is 10.9 Å². The van der Waals surface area contributed by atoms with Crippen molar-refractivity contribution in [3.63, 3.8) is 0 Å². The molecule has 0 aromatic rings. The normalized spacial score (nSPS) is 20.8. The third-order valence-corrected chi connectivity index (χ3v) is 4.77. The van der Waals surface area contributed by atoms with E-state index in [1.54, 1.807) is 0 Å². The molecule has 0 aromatic heterocycles. The van der Waals surface area contributed by atoms with Crippen LogP contribution in [0.3, 0.4) is 0 Å². The number of hydrogen-bond donors (Lipinski definition) is 0. The van der Waals surface area contributed by atoms with Crippen LogP contribution in [0.4, 0.5) is 0 Å². The van der Waals surface area contributed by atoms with Crippen LogP contribution >= 0.6 is 11.8 Å². The highest BCUT2D eigenvalue weighted by atomic mass is 32.2. The van der Waals surface area contributed by atoms with Crippen molar-refractivity contribution in [1.82, 2.24) is 9.80 Å². The molecule has 1 rings (SSSR count). The fourth-order valence-corrected chi connectivity index (χ4v) is 3.11. The molecule has 0 aromatic carbocycles. The Bertz CT molecular complexity index is 359. The maximum absolute atomic E-state index is 10.6. The van der Waals surface area contributed by atoms with Gasteiger partial charge in [-0.15, -0.1) is 11.8 Å². The smallest absolute Gasteiger partial charge is 0.264 e. The molecule has 2 unspecified atom stereocenters. The molecule has 1 aliphatic heterocycles. The lowest BCUT2D eigenvalue weighted by molar-refractivity contribution is -0.403. The standard InChI is InChI=1S/C14H27N3O3S/c1-12(16(3)14(21-4)10-17(18)19)5-7-15(2)9-13-6-8-20-11-13/h10,12-13H,5-9,11H2,1-4H3. The van der Waals surface area contributed by atoms with Gasteiger partial charge in [0.1, 0.15) is 5.03 Å². The Kier molecular flexibility index (Phi) is 8.06. The lowest BCUT2D eigenvalue weighted by Gasteiger charge is -2.29. The molecule has 0 radical (unpaired) electrons. The van der Waals surface area contributed by atoms with Gasteiger partial charge in [0, 0.05) is 26.2 Å². The Morgan fingerprint density at radius 2 is 2.29 bits per heavy atom. The summed E-state index contributed by atoms with van der Waals surface area (Å²) in [5, 5.41) is 11.3. The predicted octanol–water partition coefficient (Wildman–Crippen LogP) is 2.10. The Morgan fingerprint density at radius 1 is 1.57 bits per heavy atom. The number of hydrogen-bond acceptors (Lipinski definition) is 6. The first-order valence-electron chi connectivity index (χ1n) is 7.32. The summed E-state index contributed by atoms with van der Waals surface area (Å²) in [4.78, 5) is 14.6. The number of thioether (sulfide) groups is 1. The molecule has 0 saturated carbocycles. The van der Waals surface area contributed by atoms with E-state index >= 15 is 0 Å².